The van der Waals surface area contributed by atoms with Crippen LogP contribution in [0.15, 0.2) is 59.1 Å². The van der Waals surface area contributed by atoms with Crippen LogP contribution in [0.25, 0.3) is 6.08 Å². The van der Waals surface area contributed by atoms with E-state index in [0.29, 0.717) is 5.02 Å². The van der Waals surface area contributed by atoms with Crippen molar-refractivity contribution in [1.29, 1.82) is 0 Å². The number of amides is 1. The minimum Gasteiger partial charge on any atom is -0.332 e. The summed E-state index contributed by atoms with van der Waals surface area (Å²) in [5.74, 6) is -0.301. The van der Waals surface area contributed by atoms with Crippen molar-refractivity contribution in [3.05, 3.63) is 69.7 Å². The van der Waals surface area contributed by atoms with Crippen LogP contribution >= 0.6 is 39.7 Å². The van der Waals surface area contributed by atoms with E-state index < -0.39 is 0 Å². The summed E-state index contributed by atoms with van der Waals surface area (Å²) in [5.41, 5.74) is 1.68. The van der Waals surface area contributed by atoms with Gasteiger partial charge < -0.3 is 5.32 Å². The van der Waals surface area contributed by atoms with E-state index in [1.807, 2.05) is 36.4 Å². The average molecular weight is 396 g/mol. The second-order valence-corrected chi connectivity index (χ2v) is 6.10. The smallest absolute Gasteiger partial charge is 0.250 e. The lowest BCUT2D eigenvalue weighted by molar-refractivity contribution is -0.115. The summed E-state index contributed by atoms with van der Waals surface area (Å²) >= 11 is 14.2. The van der Waals surface area contributed by atoms with E-state index in [1.54, 1.807) is 18.2 Å². The van der Waals surface area contributed by atoms with Crippen LogP contribution in [-0.2, 0) is 4.79 Å². The highest BCUT2D eigenvalue weighted by molar-refractivity contribution is 9.10. The number of hydrogen-bond acceptors (Lipinski definition) is 2. The molecule has 0 heterocycles. The summed E-state index contributed by atoms with van der Waals surface area (Å²) < 4.78 is 0.971. The van der Waals surface area contributed by atoms with Crippen LogP contribution in [0.3, 0.4) is 0 Å². The Kier molecular flexibility index (Phi) is 6.12. The second-order valence-electron chi connectivity index (χ2n) is 4.34. The van der Waals surface area contributed by atoms with Gasteiger partial charge in [-0.1, -0.05) is 39.7 Å². The zero-order chi connectivity index (χ0) is 15.9. The first-order chi connectivity index (χ1) is 10.5. The second kappa shape index (κ2) is 8.08. The van der Waals surface area contributed by atoms with E-state index in [1.165, 1.54) is 6.08 Å². The van der Waals surface area contributed by atoms with E-state index in [0.717, 1.165) is 15.7 Å². The predicted molar refractivity (Wildman–Crippen MR) is 99.0 cm³/mol. The Hall–Kier alpha value is -1.69. The van der Waals surface area contributed by atoms with Gasteiger partial charge in [0.1, 0.15) is 0 Å². The lowest BCUT2D eigenvalue weighted by atomic mass is 10.2. The summed E-state index contributed by atoms with van der Waals surface area (Å²) in [7, 11) is 0. The third-order valence-electron chi connectivity index (χ3n) is 2.64. The minimum absolute atomic E-state index is 0.244. The fourth-order valence-corrected chi connectivity index (χ4v) is 2.20. The van der Waals surface area contributed by atoms with Crippen LogP contribution in [0.5, 0.6) is 0 Å². The molecule has 0 saturated carbocycles. The molecule has 0 saturated heterocycles. The average Bonchev–Trinajstić information content (AvgIpc) is 2.49. The van der Waals surface area contributed by atoms with Crippen LogP contribution in [0.1, 0.15) is 5.56 Å². The van der Waals surface area contributed by atoms with E-state index in [4.69, 9.17) is 23.8 Å². The van der Waals surface area contributed by atoms with Gasteiger partial charge in [0.15, 0.2) is 5.11 Å². The van der Waals surface area contributed by atoms with Crippen LogP contribution in [0, 0.1) is 0 Å². The topological polar surface area (TPSA) is 41.1 Å². The molecule has 6 heteroatoms. The Balaban J connectivity index is 1.87. The molecule has 3 nitrogen and oxygen atoms in total. The number of carbonyl (C=O) groups excluding carboxylic acids is 1. The molecule has 0 fully saturated rings. The highest BCUT2D eigenvalue weighted by atomic mass is 79.9. The third-order valence-corrected chi connectivity index (χ3v) is 3.62. The van der Waals surface area contributed by atoms with Gasteiger partial charge in [0.2, 0.25) is 5.91 Å². The molecule has 0 atom stereocenters. The Bertz CT molecular complexity index is 699. The largest absolute Gasteiger partial charge is 0.332 e. The lowest BCUT2D eigenvalue weighted by Crippen LogP contribution is -2.32. The van der Waals surface area contributed by atoms with E-state index in [2.05, 4.69) is 26.6 Å². The molecule has 0 spiro atoms. The van der Waals surface area contributed by atoms with E-state index in [-0.39, 0.29) is 11.0 Å². The number of hydrogen-bond donors (Lipinski definition) is 2. The zero-order valence-electron chi connectivity index (χ0n) is 11.3. The van der Waals surface area contributed by atoms with Crippen LogP contribution in [-0.4, -0.2) is 11.0 Å². The third kappa shape index (κ3) is 5.60. The monoisotopic (exact) mass is 394 g/mol. The molecule has 2 aromatic carbocycles. The molecule has 2 N–H and O–H groups in total. The maximum Gasteiger partial charge on any atom is 0.250 e. The molecule has 0 radical (unpaired) electrons. The van der Waals surface area contributed by atoms with Gasteiger partial charge >= 0.3 is 0 Å². The van der Waals surface area contributed by atoms with E-state index >= 15 is 0 Å². The molecule has 1 amide bonds. The first-order valence-corrected chi connectivity index (χ1v) is 7.92. The molecule has 0 aromatic heterocycles. The number of anilines is 1. The molecule has 0 aliphatic rings. The van der Waals surface area contributed by atoms with Gasteiger partial charge in [-0.05, 0) is 60.3 Å². The van der Waals surface area contributed by atoms with Crippen molar-refractivity contribution >= 4 is 62.5 Å². The molecule has 0 aliphatic carbocycles. The van der Waals surface area contributed by atoms with Gasteiger partial charge in [-0.2, -0.15) is 0 Å². The maximum absolute atomic E-state index is 11.8. The van der Waals surface area contributed by atoms with Gasteiger partial charge in [0.05, 0.1) is 0 Å². The minimum atomic E-state index is -0.301. The normalized spacial score (nSPS) is 10.5. The fraction of sp³-hybridized carbons (Fsp3) is 0. The van der Waals surface area contributed by atoms with Gasteiger partial charge in [0.25, 0.3) is 0 Å². The summed E-state index contributed by atoms with van der Waals surface area (Å²) in [6, 6.07) is 14.6. The van der Waals surface area contributed by atoms with Gasteiger partial charge in [-0.15, -0.1) is 0 Å². The first-order valence-electron chi connectivity index (χ1n) is 6.34. The number of benzene rings is 2. The Labute approximate surface area is 147 Å². The molecule has 22 heavy (non-hydrogen) atoms. The summed E-state index contributed by atoms with van der Waals surface area (Å²) in [6.45, 7) is 0. The lowest BCUT2D eigenvalue weighted by Gasteiger charge is -2.07. The van der Waals surface area contributed by atoms with Crippen molar-refractivity contribution in [2.75, 3.05) is 5.32 Å². The molecular weight excluding hydrogens is 384 g/mol. The molecule has 112 valence electrons. The maximum atomic E-state index is 11.8. The SMILES string of the molecule is O=C(C=Cc1ccc(Cl)cc1)NC(=S)Nc1ccc(Br)cc1. The standard InChI is InChI=1S/C16H12BrClN2OS/c17-12-4-8-14(9-5-12)19-16(22)20-15(21)10-3-11-1-6-13(18)7-2-11/h1-10H,(H2,19,20,21,22). The van der Waals surface area contributed by atoms with Crippen molar-refractivity contribution in [1.82, 2.24) is 5.32 Å². The first kappa shape index (κ1) is 16.7. The number of rotatable bonds is 3. The molecule has 0 bridgehead atoms. The summed E-state index contributed by atoms with van der Waals surface area (Å²) in [5, 5.41) is 6.41. The zero-order valence-corrected chi connectivity index (χ0v) is 14.5. The Morgan fingerprint density at radius 2 is 1.73 bits per heavy atom. The van der Waals surface area contributed by atoms with Crippen LogP contribution in [0.4, 0.5) is 5.69 Å². The number of halogens is 2. The highest BCUT2D eigenvalue weighted by Crippen LogP contribution is 2.14. The molecular formula is C16H12BrClN2OS. The predicted octanol–water partition coefficient (Wildman–Crippen LogP) is 4.63. The van der Waals surface area contributed by atoms with Crippen molar-refractivity contribution in [2.24, 2.45) is 0 Å². The van der Waals surface area contributed by atoms with Gasteiger partial charge in [0, 0.05) is 21.3 Å². The van der Waals surface area contributed by atoms with Crippen LogP contribution < -0.4 is 10.6 Å². The number of nitrogens with one attached hydrogen (secondary N) is 2. The summed E-state index contributed by atoms with van der Waals surface area (Å²) in [4.78, 5) is 11.8. The molecule has 0 unspecified atom stereocenters. The number of thiocarbonyl (C=S) groups is 1. The van der Waals surface area contributed by atoms with Crippen LogP contribution in [0.2, 0.25) is 5.02 Å². The van der Waals surface area contributed by atoms with Crippen molar-refractivity contribution in [3.63, 3.8) is 0 Å². The van der Waals surface area contributed by atoms with Gasteiger partial charge in [-0.3, -0.25) is 10.1 Å². The van der Waals surface area contributed by atoms with Crippen molar-refractivity contribution in [3.8, 4) is 0 Å². The van der Waals surface area contributed by atoms with Crippen molar-refractivity contribution < 1.29 is 4.79 Å². The summed E-state index contributed by atoms with van der Waals surface area (Å²) in [6.07, 6.45) is 3.10. The molecule has 2 rings (SSSR count). The van der Waals surface area contributed by atoms with E-state index in [9.17, 15) is 4.79 Å². The fourth-order valence-electron chi connectivity index (χ4n) is 1.59. The Morgan fingerprint density at radius 1 is 1.09 bits per heavy atom. The molecule has 2 aromatic rings. The van der Waals surface area contributed by atoms with Crippen molar-refractivity contribution in [2.45, 2.75) is 0 Å². The quantitative estimate of drug-likeness (QED) is 0.588. The number of carbonyl (C=O) groups is 1. The van der Waals surface area contributed by atoms with Gasteiger partial charge in [-0.25, -0.2) is 0 Å². The highest BCUT2D eigenvalue weighted by Gasteiger charge is 2.01. The molecule has 0 aliphatic heterocycles. The Morgan fingerprint density at radius 3 is 2.36 bits per heavy atom.